The van der Waals surface area contributed by atoms with Crippen LogP contribution >= 0.6 is 0 Å². The molecule has 2 heterocycles. The maximum absolute atomic E-state index is 12.4. The Labute approximate surface area is 141 Å². The van der Waals surface area contributed by atoms with Gasteiger partial charge in [-0.2, -0.15) is 0 Å². The van der Waals surface area contributed by atoms with E-state index < -0.39 is 6.09 Å². The Balaban J connectivity index is 1.97. The van der Waals surface area contributed by atoms with Crippen molar-refractivity contribution in [2.45, 2.75) is 0 Å². The summed E-state index contributed by atoms with van der Waals surface area (Å²) in [6.45, 7) is 0. The number of aromatic amines is 1. The molecule has 0 fully saturated rings. The largest absolute Gasteiger partial charge is 0.508 e. The third-order valence-electron chi connectivity index (χ3n) is 3.95. The normalized spacial score (nSPS) is 11.3. The van der Waals surface area contributed by atoms with E-state index in [1.165, 1.54) is 17.0 Å². The number of hydrogen-bond donors (Lipinski definition) is 2. The zero-order valence-electron chi connectivity index (χ0n) is 13.5. The van der Waals surface area contributed by atoms with Crippen LogP contribution in [0.1, 0.15) is 0 Å². The summed E-state index contributed by atoms with van der Waals surface area (Å²) in [5.41, 5.74) is 1.02. The van der Waals surface area contributed by atoms with Crippen LogP contribution in [0.25, 0.3) is 32.8 Å². The maximum Gasteiger partial charge on any atom is 0.414 e. The van der Waals surface area contributed by atoms with Crippen LogP contribution in [0.5, 0.6) is 11.5 Å². The van der Waals surface area contributed by atoms with Crippen molar-refractivity contribution >= 4 is 38.9 Å². The summed E-state index contributed by atoms with van der Waals surface area (Å²) >= 11 is 0. The highest BCUT2D eigenvalue weighted by Gasteiger charge is 2.16. The van der Waals surface area contributed by atoms with Crippen molar-refractivity contribution in [3.63, 3.8) is 0 Å². The number of nitrogens with one attached hydrogen (secondary N) is 1. The number of carbonyl (C=O) groups excluding carboxylic acids is 1. The fourth-order valence-electron chi connectivity index (χ4n) is 2.77. The van der Waals surface area contributed by atoms with Crippen molar-refractivity contribution in [2.75, 3.05) is 14.1 Å². The van der Waals surface area contributed by atoms with Crippen LogP contribution in [0.4, 0.5) is 4.79 Å². The number of benzene rings is 2. The lowest BCUT2D eigenvalue weighted by Crippen LogP contribution is -2.25. The second-order valence-electron chi connectivity index (χ2n) is 5.91. The van der Waals surface area contributed by atoms with Crippen LogP contribution in [0.15, 0.2) is 45.6 Å². The molecule has 126 valence electrons. The predicted octanol–water partition coefficient (Wildman–Crippen LogP) is 3.19. The lowest BCUT2D eigenvalue weighted by molar-refractivity contribution is 0.172. The summed E-state index contributed by atoms with van der Waals surface area (Å²) in [6.07, 6.45) is -0.505. The van der Waals surface area contributed by atoms with E-state index in [0.29, 0.717) is 38.6 Å². The highest BCUT2D eigenvalue weighted by molar-refractivity contribution is 6.13. The number of hydrogen-bond acceptors (Lipinski definition) is 5. The number of amides is 1. The summed E-state index contributed by atoms with van der Waals surface area (Å²) in [5, 5.41) is 11.3. The van der Waals surface area contributed by atoms with Gasteiger partial charge >= 0.3 is 6.09 Å². The second-order valence-corrected chi connectivity index (χ2v) is 5.91. The lowest BCUT2D eigenvalue weighted by atomic mass is 10.1. The number of aromatic hydroxyl groups is 1. The second kappa shape index (κ2) is 5.27. The molecule has 0 bridgehead atoms. The summed E-state index contributed by atoms with van der Waals surface area (Å²) in [6, 6.07) is 9.53. The van der Waals surface area contributed by atoms with Crippen LogP contribution in [0.3, 0.4) is 0 Å². The van der Waals surface area contributed by atoms with Gasteiger partial charge in [0.05, 0.1) is 10.9 Å². The van der Waals surface area contributed by atoms with Gasteiger partial charge in [-0.25, -0.2) is 4.79 Å². The number of furan rings is 1. The SMILES string of the molecule is CN(C)C(=O)Oc1ccc2c(c1)oc1c3ccc(O)cc3[nH]c(=O)c21. The first-order valence-corrected chi connectivity index (χ1v) is 7.54. The Bertz CT molecular complexity index is 1200. The first kappa shape index (κ1) is 15.1. The molecule has 2 N–H and O–H groups in total. The van der Waals surface area contributed by atoms with Crippen LogP contribution in [-0.4, -0.2) is 35.2 Å². The first-order chi connectivity index (χ1) is 11.9. The van der Waals surface area contributed by atoms with E-state index in [-0.39, 0.29) is 11.3 Å². The number of ether oxygens (including phenoxy) is 1. The smallest absolute Gasteiger partial charge is 0.414 e. The molecule has 7 heteroatoms. The van der Waals surface area contributed by atoms with E-state index in [1.807, 2.05) is 0 Å². The van der Waals surface area contributed by atoms with E-state index in [1.54, 1.807) is 38.4 Å². The Kier molecular flexibility index (Phi) is 3.18. The third kappa shape index (κ3) is 2.37. The third-order valence-corrected chi connectivity index (χ3v) is 3.95. The standard InChI is InChI=1S/C18H14N2O5/c1-20(2)18(23)24-10-4-6-12-14(8-10)25-16-11-5-3-9(21)7-13(11)19-17(22)15(12)16/h3-8,21H,1-2H3,(H,19,22). The van der Waals surface area contributed by atoms with E-state index in [4.69, 9.17) is 9.15 Å². The van der Waals surface area contributed by atoms with E-state index in [2.05, 4.69) is 4.98 Å². The fourth-order valence-corrected chi connectivity index (χ4v) is 2.77. The minimum absolute atomic E-state index is 0.0523. The van der Waals surface area contributed by atoms with Crippen molar-refractivity contribution in [1.82, 2.24) is 9.88 Å². The van der Waals surface area contributed by atoms with Crippen molar-refractivity contribution in [3.05, 3.63) is 46.8 Å². The number of aromatic nitrogens is 1. The Morgan fingerprint density at radius 3 is 2.68 bits per heavy atom. The van der Waals surface area contributed by atoms with Crippen molar-refractivity contribution in [2.24, 2.45) is 0 Å². The molecule has 0 unspecified atom stereocenters. The summed E-state index contributed by atoms with van der Waals surface area (Å²) in [5.74, 6) is 0.375. The van der Waals surface area contributed by atoms with Gasteiger partial charge in [0.2, 0.25) is 0 Å². The molecular weight excluding hydrogens is 324 g/mol. The van der Waals surface area contributed by atoms with E-state index in [9.17, 15) is 14.7 Å². The molecule has 0 saturated heterocycles. The molecule has 0 spiro atoms. The Morgan fingerprint density at radius 1 is 1.16 bits per heavy atom. The highest BCUT2D eigenvalue weighted by atomic mass is 16.6. The summed E-state index contributed by atoms with van der Waals surface area (Å²) in [4.78, 5) is 28.2. The monoisotopic (exact) mass is 338 g/mol. The molecule has 7 nitrogen and oxygen atoms in total. The molecule has 0 atom stereocenters. The van der Waals surface area contributed by atoms with E-state index >= 15 is 0 Å². The predicted molar refractivity (Wildman–Crippen MR) is 93.2 cm³/mol. The van der Waals surface area contributed by atoms with Crippen LogP contribution < -0.4 is 10.3 Å². The molecule has 2 aromatic carbocycles. The molecule has 0 aliphatic carbocycles. The maximum atomic E-state index is 12.4. The van der Waals surface area contributed by atoms with Crippen LogP contribution in [0.2, 0.25) is 0 Å². The average molecular weight is 338 g/mol. The number of rotatable bonds is 1. The average Bonchev–Trinajstić information content (AvgIpc) is 2.93. The summed E-state index contributed by atoms with van der Waals surface area (Å²) in [7, 11) is 3.17. The van der Waals surface area contributed by atoms with Gasteiger partial charge in [0.25, 0.3) is 5.56 Å². The van der Waals surface area contributed by atoms with Gasteiger partial charge in [-0.05, 0) is 24.3 Å². The molecule has 0 aliphatic heterocycles. The molecular formula is C18H14N2O5. The first-order valence-electron chi connectivity index (χ1n) is 7.54. The van der Waals surface area contributed by atoms with Crippen LogP contribution in [-0.2, 0) is 0 Å². The highest BCUT2D eigenvalue weighted by Crippen LogP contribution is 2.33. The van der Waals surface area contributed by atoms with Gasteiger partial charge < -0.3 is 24.1 Å². The number of pyridine rings is 1. The molecule has 4 rings (SSSR count). The van der Waals surface area contributed by atoms with Crippen molar-refractivity contribution in [1.29, 1.82) is 0 Å². The number of H-pyrrole nitrogens is 1. The zero-order chi connectivity index (χ0) is 17.7. The van der Waals surface area contributed by atoms with Gasteiger partial charge in [0.15, 0.2) is 0 Å². The number of phenolic OH excluding ortho intramolecular Hbond substituents is 1. The fraction of sp³-hybridized carbons (Fsp3) is 0.111. The summed E-state index contributed by atoms with van der Waals surface area (Å²) < 4.78 is 11.1. The zero-order valence-corrected chi connectivity index (χ0v) is 13.5. The van der Waals surface area contributed by atoms with Crippen LogP contribution in [0, 0.1) is 0 Å². The Hall–Kier alpha value is -3.48. The van der Waals surface area contributed by atoms with Gasteiger partial charge in [-0.15, -0.1) is 0 Å². The van der Waals surface area contributed by atoms with Gasteiger partial charge in [-0.3, -0.25) is 4.79 Å². The molecule has 2 aromatic heterocycles. The molecule has 25 heavy (non-hydrogen) atoms. The number of carbonyl (C=O) groups is 1. The quantitative estimate of drug-likeness (QED) is 0.556. The van der Waals surface area contributed by atoms with Crippen molar-refractivity contribution < 1.29 is 19.1 Å². The number of fused-ring (bicyclic) bond motifs is 5. The molecule has 4 aromatic rings. The lowest BCUT2D eigenvalue weighted by Gasteiger charge is -2.10. The van der Waals surface area contributed by atoms with Gasteiger partial charge in [0.1, 0.15) is 22.7 Å². The van der Waals surface area contributed by atoms with E-state index in [0.717, 1.165) is 0 Å². The molecule has 0 saturated carbocycles. The van der Waals surface area contributed by atoms with Crippen molar-refractivity contribution in [3.8, 4) is 11.5 Å². The van der Waals surface area contributed by atoms with Gasteiger partial charge in [0, 0.05) is 37.0 Å². The minimum Gasteiger partial charge on any atom is -0.508 e. The molecule has 0 aliphatic rings. The minimum atomic E-state index is -0.505. The molecule has 0 radical (unpaired) electrons. The Morgan fingerprint density at radius 2 is 1.92 bits per heavy atom. The topological polar surface area (TPSA) is 95.8 Å². The van der Waals surface area contributed by atoms with Gasteiger partial charge in [-0.1, -0.05) is 0 Å². The molecule has 1 amide bonds. The number of phenols is 1. The number of nitrogens with zero attached hydrogens (tertiary/aromatic N) is 1.